The zero-order valence-corrected chi connectivity index (χ0v) is 13.0. The number of hydrogen-bond acceptors (Lipinski definition) is 3. The Hall–Kier alpha value is -0.490. The molecule has 0 amide bonds. The first-order chi connectivity index (χ1) is 9.06. The maximum Gasteiger partial charge on any atom is 0.243 e. The Labute approximate surface area is 124 Å². The van der Waals surface area contributed by atoms with E-state index in [4.69, 9.17) is 27.9 Å². The van der Waals surface area contributed by atoms with Crippen LogP contribution in [-0.2, 0) is 10.0 Å². The van der Waals surface area contributed by atoms with Crippen molar-refractivity contribution in [1.82, 2.24) is 4.31 Å². The van der Waals surface area contributed by atoms with E-state index in [0.29, 0.717) is 12.4 Å². The summed E-state index contributed by atoms with van der Waals surface area (Å²) in [7, 11) is -3.55. The van der Waals surface area contributed by atoms with E-state index >= 15 is 0 Å². The molecule has 7 heteroatoms. The minimum absolute atomic E-state index is 0.214. The molecule has 0 N–H and O–H groups in total. The third kappa shape index (κ3) is 4.53. The molecular formula is C12H17Cl2NO3S. The number of sulfonamides is 1. The second kappa shape index (κ2) is 7.94. The predicted octanol–water partition coefficient (Wildman–Crippen LogP) is 2.55. The van der Waals surface area contributed by atoms with E-state index in [1.54, 1.807) is 12.1 Å². The SMILES string of the molecule is CCOc1ccc(S(=O)(=O)N(CCCl)CCCl)cc1. The van der Waals surface area contributed by atoms with Crippen molar-refractivity contribution in [3.63, 3.8) is 0 Å². The molecule has 108 valence electrons. The van der Waals surface area contributed by atoms with Gasteiger partial charge in [-0.3, -0.25) is 0 Å². The first kappa shape index (κ1) is 16.6. The maximum absolute atomic E-state index is 12.3. The van der Waals surface area contributed by atoms with Gasteiger partial charge in [-0.1, -0.05) is 0 Å². The Balaban J connectivity index is 2.96. The molecule has 0 aliphatic rings. The normalized spacial score (nSPS) is 11.8. The van der Waals surface area contributed by atoms with Crippen LogP contribution in [0.5, 0.6) is 5.75 Å². The van der Waals surface area contributed by atoms with Crippen LogP contribution < -0.4 is 4.74 Å². The summed E-state index contributed by atoms with van der Waals surface area (Å²) in [5.74, 6) is 1.10. The van der Waals surface area contributed by atoms with Gasteiger partial charge in [0, 0.05) is 24.8 Å². The van der Waals surface area contributed by atoms with Gasteiger partial charge < -0.3 is 4.74 Å². The Kier molecular flexibility index (Phi) is 6.93. The van der Waals surface area contributed by atoms with Crippen LogP contribution in [0.1, 0.15) is 6.92 Å². The Morgan fingerprint density at radius 3 is 2.05 bits per heavy atom. The molecule has 0 aliphatic heterocycles. The third-order valence-electron chi connectivity index (χ3n) is 2.44. The first-order valence-electron chi connectivity index (χ1n) is 5.91. The number of nitrogens with zero attached hydrogens (tertiary/aromatic N) is 1. The first-order valence-corrected chi connectivity index (χ1v) is 8.42. The predicted molar refractivity (Wildman–Crippen MR) is 77.8 cm³/mol. The quantitative estimate of drug-likeness (QED) is 0.690. The van der Waals surface area contributed by atoms with Gasteiger partial charge >= 0.3 is 0 Å². The van der Waals surface area contributed by atoms with Gasteiger partial charge in [0.05, 0.1) is 11.5 Å². The highest BCUT2D eigenvalue weighted by Gasteiger charge is 2.23. The summed E-state index contributed by atoms with van der Waals surface area (Å²) in [5, 5.41) is 0. The fraction of sp³-hybridized carbons (Fsp3) is 0.500. The zero-order chi connectivity index (χ0) is 14.3. The Morgan fingerprint density at radius 1 is 1.11 bits per heavy atom. The lowest BCUT2D eigenvalue weighted by atomic mass is 10.3. The van der Waals surface area contributed by atoms with E-state index < -0.39 is 10.0 Å². The third-order valence-corrected chi connectivity index (χ3v) is 4.69. The molecule has 0 aromatic heterocycles. The number of ether oxygens (including phenoxy) is 1. The minimum atomic E-state index is -3.55. The van der Waals surface area contributed by atoms with Gasteiger partial charge in [0.15, 0.2) is 0 Å². The van der Waals surface area contributed by atoms with Gasteiger partial charge in [-0.25, -0.2) is 8.42 Å². The van der Waals surface area contributed by atoms with E-state index in [1.807, 2.05) is 6.92 Å². The van der Waals surface area contributed by atoms with E-state index in [1.165, 1.54) is 16.4 Å². The minimum Gasteiger partial charge on any atom is -0.494 e. The summed E-state index contributed by atoms with van der Waals surface area (Å²) in [6.45, 7) is 2.89. The maximum atomic E-state index is 12.3. The van der Waals surface area contributed by atoms with Gasteiger partial charge in [-0.2, -0.15) is 4.31 Å². The van der Waals surface area contributed by atoms with E-state index in [-0.39, 0.29) is 29.7 Å². The summed E-state index contributed by atoms with van der Waals surface area (Å²) in [6, 6.07) is 6.32. The molecule has 0 unspecified atom stereocenters. The van der Waals surface area contributed by atoms with Gasteiger partial charge in [0.1, 0.15) is 5.75 Å². The lowest BCUT2D eigenvalue weighted by Gasteiger charge is -2.20. The molecule has 0 saturated carbocycles. The fourth-order valence-electron chi connectivity index (χ4n) is 1.56. The molecule has 0 fully saturated rings. The fourth-order valence-corrected chi connectivity index (χ4v) is 3.61. The van der Waals surface area contributed by atoms with Crippen LogP contribution in [0.2, 0.25) is 0 Å². The summed E-state index contributed by atoms with van der Waals surface area (Å²) >= 11 is 11.2. The van der Waals surface area contributed by atoms with Crippen LogP contribution in [0.25, 0.3) is 0 Å². The number of halogens is 2. The lowest BCUT2D eigenvalue weighted by Crippen LogP contribution is -2.34. The highest BCUT2D eigenvalue weighted by molar-refractivity contribution is 7.89. The van der Waals surface area contributed by atoms with Crippen molar-refractivity contribution >= 4 is 33.2 Å². The largest absolute Gasteiger partial charge is 0.494 e. The van der Waals surface area contributed by atoms with Crippen molar-refractivity contribution in [2.75, 3.05) is 31.5 Å². The van der Waals surface area contributed by atoms with Gasteiger partial charge in [-0.15, -0.1) is 23.2 Å². The van der Waals surface area contributed by atoms with Crippen molar-refractivity contribution in [1.29, 1.82) is 0 Å². The zero-order valence-electron chi connectivity index (χ0n) is 10.7. The Bertz CT molecular complexity index is 470. The van der Waals surface area contributed by atoms with Crippen LogP contribution >= 0.6 is 23.2 Å². The topological polar surface area (TPSA) is 46.6 Å². The summed E-state index contributed by atoms with van der Waals surface area (Å²) < 4.78 is 31.3. The average molecular weight is 326 g/mol. The van der Waals surface area contributed by atoms with Crippen LogP contribution in [0.3, 0.4) is 0 Å². The van der Waals surface area contributed by atoms with Crippen LogP contribution in [-0.4, -0.2) is 44.2 Å². The molecule has 0 bridgehead atoms. The molecule has 19 heavy (non-hydrogen) atoms. The number of alkyl halides is 2. The van der Waals surface area contributed by atoms with Crippen LogP contribution in [0, 0.1) is 0 Å². The van der Waals surface area contributed by atoms with Crippen LogP contribution in [0.15, 0.2) is 29.2 Å². The van der Waals surface area contributed by atoms with E-state index in [0.717, 1.165) is 0 Å². The second-order valence-corrected chi connectivity index (χ2v) is 6.38. The molecule has 0 spiro atoms. The molecule has 0 saturated heterocycles. The van der Waals surface area contributed by atoms with E-state index in [2.05, 4.69) is 0 Å². The highest BCUT2D eigenvalue weighted by Crippen LogP contribution is 2.19. The molecule has 1 rings (SSSR count). The molecule has 0 atom stereocenters. The smallest absolute Gasteiger partial charge is 0.243 e. The number of rotatable bonds is 8. The monoisotopic (exact) mass is 325 g/mol. The second-order valence-electron chi connectivity index (χ2n) is 3.69. The molecule has 1 aromatic carbocycles. The summed E-state index contributed by atoms with van der Waals surface area (Å²) in [4.78, 5) is 0.214. The molecule has 1 aromatic rings. The number of hydrogen-bond donors (Lipinski definition) is 0. The van der Waals surface area contributed by atoms with Crippen molar-refractivity contribution in [2.45, 2.75) is 11.8 Å². The van der Waals surface area contributed by atoms with Crippen molar-refractivity contribution in [3.05, 3.63) is 24.3 Å². The molecule has 0 aliphatic carbocycles. The van der Waals surface area contributed by atoms with E-state index in [9.17, 15) is 8.42 Å². The molecule has 4 nitrogen and oxygen atoms in total. The lowest BCUT2D eigenvalue weighted by molar-refractivity contribution is 0.340. The molecule has 0 heterocycles. The number of benzene rings is 1. The van der Waals surface area contributed by atoms with Crippen molar-refractivity contribution in [2.24, 2.45) is 0 Å². The Morgan fingerprint density at radius 2 is 1.63 bits per heavy atom. The molecular weight excluding hydrogens is 309 g/mol. The van der Waals surface area contributed by atoms with Crippen molar-refractivity contribution in [3.8, 4) is 5.75 Å². The van der Waals surface area contributed by atoms with Gasteiger partial charge in [0.25, 0.3) is 0 Å². The van der Waals surface area contributed by atoms with Gasteiger partial charge in [0.2, 0.25) is 10.0 Å². The molecule has 0 radical (unpaired) electrons. The van der Waals surface area contributed by atoms with Gasteiger partial charge in [-0.05, 0) is 31.2 Å². The average Bonchev–Trinajstić information content (AvgIpc) is 2.39. The highest BCUT2D eigenvalue weighted by atomic mass is 35.5. The van der Waals surface area contributed by atoms with Crippen molar-refractivity contribution < 1.29 is 13.2 Å². The standard InChI is InChI=1S/C12H17Cl2NO3S/c1-2-18-11-3-5-12(6-4-11)19(16,17)15(9-7-13)10-8-14/h3-6H,2,7-10H2,1H3. The van der Waals surface area contributed by atoms with Crippen LogP contribution in [0.4, 0.5) is 0 Å². The summed E-state index contributed by atoms with van der Waals surface area (Å²) in [6.07, 6.45) is 0. The summed E-state index contributed by atoms with van der Waals surface area (Å²) in [5.41, 5.74) is 0.